The van der Waals surface area contributed by atoms with E-state index in [4.69, 9.17) is 4.74 Å². The summed E-state index contributed by atoms with van der Waals surface area (Å²) in [6.45, 7) is 2.23. The topological polar surface area (TPSA) is 58.6 Å². The Morgan fingerprint density at radius 2 is 2.31 bits per heavy atom. The van der Waals surface area contributed by atoms with Crippen molar-refractivity contribution in [2.45, 2.75) is 12.3 Å². The second kappa shape index (κ2) is 4.14. The van der Waals surface area contributed by atoms with Gasteiger partial charge < -0.3 is 15.2 Å². The Morgan fingerprint density at radius 3 is 3.00 bits per heavy atom. The molecule has 1 unspecified atom stereocenters. The number of para-hydroxylation sites is 1. The molecule has 1 aromatic carbocycles. The number of carbonyl (C=O) groups excluding carboxylic acids is 1. The van der Waals surface area contributed by atoms with Gasteiger partial charge in [0.25, 0.3) is 0 Å². The molecule has 0 fully saturated rings. The molecule has 1 heterocycles. The van der Waals surface area contributed by atoms with Gasteiger partial charge in [-0.2, -0.15) is 0 Å². The van der Waals surface area contributed by atoms with Gasteiger partial charge in [0, 0.05) is 12.2 Å². The molecule has 0 aliphatic carbocycles. The summed E-state index contributed by atoms with van der Waals surface area (Å²) in [4.78, 5) is 11.9. The first-order chi connectivity index (χ1) is 7.74. The molecule has 0 amide bonds. The molecule has 4 nitrogen and oxygen atoms in total. The van der Waals surface area contributed by atoms with Gasteiger partial charge in [-0.25, -0.2) is 0 Å². The van der Waals surface area contributed by atoms with Crippen molar-refractivity contribution in [1.82, 2.24) is 0 Å². The fourth-order valence-corrected chi connectivity index (χ4v) is 2.05. The maximum Gasteiger partial charge on any atom is 0.320 e. The van der Waals surface area contributed by atoms with Crippen molar-refractivity contribution < 1.29 is 14.6 Å². The zero-order chi connectivity index (χ0) is 11.6. The summed E-state index contributed by atoms with van der Waals surface area (Å²) in [7, 11) is 0. The van der Waals surface area contributed by atoms with Crippen LogP contribution in [0.25, 0.3) is 0 Å². The van der Waals surface area contributed by atoms with Gasteiger partial charge >= 0.3 is 5.97 Å². The molecule has 2 N–H and O–H groups in total. The van der Waals surface area contributed by atoms with E-state index < -0.39 is 5.41 Å². The minimum Gasteiger partial charge on any atom is -0.465 e. The average Bonchev–Trinajstić information content (AvgIpc) is 2.69. The van der Waals surface area contributed by atoms with E-state index in [-0.39, 0.29) is 12.6 Å². The van der Waals surface area contributed by atoms with Crippen LogP contribution >= 0.6 is 0 Å². The second-order valence-electron chi connectivity index (χ2n) is 3.86. The Kier molecular flexibility index (Phi) is 2.83. The zero-order valence-electron chi connectivity index (χ0n) is 9.19. The van der Waals surface area contributed by atoms with E-state index in [1.807, 2.05) is 24.3 Å². The molecule has 0 spiro atoms. The SMILES string of the molecule is CCOC(=O)C1(CO)CNc2ccccc21. The summed E-state index contributed by atoms with van der Waals surface area (Å²) in [6, 6.07) is 7.49. The van der Waals surface area contributed by atoms with Gasteiger partial charge in [-0.1, -0.05) is 18.2 Å². The Bertz CT molecular complexity index is 405. The van der Waals surface area contributed by atoms with Gasteiger partial charge in [-0.15, -0.1) is 0 Å². The number of anilines is 1. The monoisotopic (exact) mass is 221 g/mol. The van der Waals surface area contributed by atoms with E-state index in [0.717, 1.165) is 11.3 Å². The Balaban J connectivity index is 2.41. The van der Waals surface area contributed by atoms with Gasteiger partial charge in [0.2, 0.25) is 0 Å². The first-order valence-electron chi connectivity index (χ1n) is 5.36. The van der Waals surface area contributed by atoms with Crippen LogP contribution in [-0.2, 0) is 14.9 Å². The lowest BCUT2D eigenvalue weighted by Gasteiger charge is -2.24. The number of hydrogen-bond donors (Lipinski definition) is 2. The summed E-state index contributed by atoms with van der Waals surface area (Å²) >= 11 is 0. The average molecular weight is 221 g/mol. The third-order valence-corrected chi connectivity index (χ3v) is 2.96. The summed E-state index contributed by atoms with van der Waals surface area (Å²) < 4.78 is 5.04. The molecule has 1 aliphatic rings. The number of carbonyl (C=O) groups is 1. The Morgan fingerprint density at radius 1 is 1.56 bits per heavy atom. The van der Waals surface area contributed by atoms with Crippen molar-refractivity contribution in [2.24, 2.45) is 0 Å². The molecule has 2 rings (SSSR count). The molecular weight excluding hydrogens is 206 g/mol. The molecule has 0 aromatic heterocycles. The second-order valence-corrected chi connectivity index (χ2v) is 3.86. The fourth-order valence-electron chi connectivity index (χ4n) is 2.05. The third kappa shape index (κ3) is 1.46. The predicted octanol–water partition coefficient (Wildman–Crippen LogP) is 0.905. The molecule has 1 atom stereocenters. The van der Waals surface area contributed by atoms with Crippen LogP contribution in [0.3, 0.4) is 0 Å². The summed E-state index contributed by atoms with van der Waals surface area (Å²) in [5.74, 6) is -0.366. The number of fused-ring (bicyclic) bond motifs is 1. The van der Waals surface area contributed by atoms with Crippen molar-refractivity contribution in [3.05, 3.63) is 29.8 Å². The zero-order valence-corrected chi connectivity index (χ0v) is 9.19. The molecular formula is C12H15NO3. The smallest absolute Gasteiger partial charge is 0.320 e. The largest absolute Gasteiger partial charge is 0.465 e. The number of esters is 1. The normalized spacial score (nSPS) is 22.4. The number of rotatable bonds is 3. The summed E-state index contributed by atoms with van der Waals surface area (Å²) in [5, 5.41) is 12.6. The number of nitrogens with one attached hydrogen (secondary N) is 1. The molecule has 1 aromatic rings. The van der Waals surface area contributed by atoms with Gasteiger partial charge in [0.1, 0.15) is 5.41 Å². The number of aliphatic hydroxyl groups is 1. The molecule has 0 saturated carbocycles. The van der Waals surface area contributed by atoms with E-state index in [1.54, 1.807) is 6.92 Å². The van der Waals surface area contributed by atoms with Crippen molar-refractivity contribution >= 4 is 11.7 Å². The summed E-state index contributed by atoms with van der Waals surface area (Å²) in [6.07, 6.45) is 0. The molecule has 16 heavy (non-hydrogen) atoms. The summed E-state index contributed by atoms with van der Waals surface area (Å²) in [5.41, 5.74) is 0.771. The van der Waals surface area contributed by atoms with Crippen LogP contribution in [0.2, 0.25) is 0 Å². The van der Waals surface area contributed by atoms with E-state index in [2.05, 4.69) is 5.32 Å². The van der Waals surface area contributed by atoms with Crippen molar-refractivity contribution in [3.8, 4) is 0 Å². The van der Waals surface area contributed by atoms with Gasteiger partial charge in [-0.3, -0.25) is 4.79 Å². The Labute approximate surface area is 94.2 Å². The molecule has 4 heteroatoms. The maximum atomic E-state index is 11.9. The highest BCUT2D eigenvalue weighted by Crippen LogP contribution is 2.37. The fraction of sp³-hybridized carbons (Fsp3) is 0.417. The lowest BCUT2D eigenvalue weighted by atomic mass is 9.83. The van der Waals surface area contributed by atoms with Gasteiger partial charge in [0.15, 0.2) is 0 Å². The number of benzene rings is 1. The van der Waals surface area contributed by atoms with Crippen LogP contribution in [0, 0.1) is 0 Å². The lowest BCUT2D eigenvalue weighted by Crippen LogP contribution is -2.42. The predicted molar refractivity (Wildman–Crippen MR) is 60.3 cm³/mol. The molecule has 1 aliphatic heterocycles. The number of aliphatic hydroxyl groups excluding tert-OH is 1. The molecule has 0 saturated heterocycles. The van der Waals surface area contributed by atoms with E-state index >= 15 is 0 Å². The Hall–Kier alpha value is -1.55. The van der Waals surface area contributed by atoms with Crippen molar-refractivity contribution in [1.29, 1.82) is 0 Å². The first-order valence-corrected chi connectivity index (χ1v) is 5.36. The van der Waals surface area contributed by atoms with Crippen LogP contribution in [-0.4, -0.2) is 30.8 Å². The van der Waals surface area contributed by atoms with Gasteiger partial charge in [-0.05, 0) is 18.6 Å². The lowest BCUT2D eigenvalue weighted by molar-refractivity contribution is -0.151. The quantitative estimate of drug-likeness (QED) is 0.745. The molecule has 0 bridgehead atoms. The highest BCUT2D eigenvalue weighted by atomic mass is 16.5. The van der Waals surface area contributed by atoms with Crippen LogP contribution in [0.4, 0.5) is 5.69 Å². The van der Waals surface area contributed by atoms with Gasteiger partial charge in [0.05, 0.1) is 13.2 Å². The number of ether oxygens (including phenoxy) is 1. The highest BCUT2D eigenvalue weighted by molar-refractivity contribution is 5.89. The van der Waals surface area contributed by atoms with Crippen molar-refractivity contribution in [3.63, 3.8) is 0 Å². The van der Waals surface area contributed by atoms with Crippen LogP contribution < -0.4 is 5.32 Å². The van der Waals surface area contributed by atoms with E-state index in [1.165, 1.54) is 0 Å². The molecule has 86 valence electrons. The maximum absolute atomic E-state index is 11.9. The molecule has 0 radical (unpaired) electrons. The third-order valence-electron chi connectivity index (χ3n) is 2.96. The van der Waals surface area contributed by atoms with E-state index in [0.29, 0.717) is 13.2 Å². The minimum absolute atomic E-state index is 0.240. The van der Waals surface area contributed by atoms with Crippen LogP contribution in [0.5, 0.6) is 0 Å². The van der Waals surface area contributed by atoms with Crippen molar-refractivity contribution in [2.75, 3.05) is 25.1 Å². The minimum atomic E-state index is -0.938. The highest BCUT2D eigenvalue weighted by Gasteiger charge is 2.46. The first kappa shape index (κ1) is 11.0. The van der Waals surface area contributed by atoms with Crippen LogP contribution in [0.15, 0.2) is 24.3 Å². The van der Waals surface area contributed by atoms with E-state index in [9.17, 15) is 9.90 Å². The standard InChI is InChI=1S/C12H15NO3/c1-2-16-11(15)12(8-14)7-13-10-6-4-3-5-9(10)12/h3-6,13-14H,2,7-8H2,1H3. The van der Waals surface area contributed by atoms with Crippen LogP contribution in [0.1, 0.15) is 12.5 Å². The number of hydrogen-bond acceptors (Lipinski definition) is 4.